The van der Waals surface area contributed by atoms with Gasteiger partial charge in [-0.15, -0.1) is 0 Å². The van der Waals surface area contributed by atoms with Gasteiger partial charge >= 0.3 is 0 Å². The maximum absolute atomic E-state index is 3.93. The summed E-state index contributed by atoms with van der Waals surface area (Å²) in [6, 6.07) is 9.18. The fourth-order valence-electron chi connectivity index (χ4n) is 2.89. The Balaban J connectivity index is 2.16. The molecule has 0 bridgehead atoms. The molecular weight excluding hydrogens is 272 g/mol. The SMILES string of the molecule is CC(C)c1ccc(C(Br)C2(C)CCCC2)cc1. The Kier molecular flexibility index (Phi) is 3.97. The van der Waals surface area contributed by atoms with E-state index in [-0.39, 0.29) is 0 Å². The summed E-state index contributed by atoms with van der Waals surface area (Å²) < 4.78 is 0. The van der Waals surface area contributed by atoms with Gasteiger partial charge in [0, 0.05) is 4.83 Å². The van der Waals surface area contributed by atoms with Crippen LogP contribution in [0.4, 0.5) is 0 Å². The molecule has 1 aromatic carbocycles. The van der Waals surface area contributed by atoms with Gasteiger partial charge in [0.05, 0.1) is 0 Å². The van der Waals surface area contributed by atoms with Crippen molar-refractivity contribution in [2.45, 2.75) is 57.2 Å². The van der Waals surface area contributed by atoms with Gasteiger partial charge in [0.15, 0.2) is 0 Å². The zero-order valence-corrected chi connectivity index (χ0v) is 12.8. The first kappa shape index (κ1) is 13.1. The summed E-state index contributed by atoms with van der Waals surface area (Å²) in [4.78, 5) is 0.513. The Morgan fingerprint density at radius 1 is 1.00 bits per heavy atom. The van der Waals surface area contributed by atoms with Gasteiger partial charge < -0.3 is 0 Å². The van der Waals surface area contributed by atoms with Crippen molar-refractivity contribution in [3.63, 3.8) is 0 Å². The minimum absolute atomic E-state index is 0.458. The molecule has 94 valence electrons. The van der Waals surface area contributed by atoms with E-state index in [9.17, 15) is 0 Å². The highest BCUT2D eigenvalue weighted by Gasteiger charge is 2.36. The van der Waals surface area contributed by atoms with Crippen molar-refractivity contribution in [3.05, 3.63) is 35.4 Å². The molecule has 17 heavy (non-hydrogen) atoms. The first-order valence-electron chi connectivity index (χ1n) is 6.77. The third-order valence-electron chi connectivity index (χ3n) is 4.25. The number of alkyl halides is 1. The summed E-state index contributed by atoms with van der Waals surface area (Å²) in [7, 11) is 0. The smallest absolute Gasteiger partial charge is 0.0448 e. The van der Waals surface area contributed by atoms with Crippen LogP contribution in [0, 0.1) is 5.41 Å². The minimum atomic E-state index is 0.458. The molecule has 1 unspecified atom stereocenters. The average molecular weight is 295 g/mol. The van der Waals surface area contributed by atoms with Gasteiger partial charge in [-0.3, -0.25) is 0 Å². The van der Waals surface area contributed by atoms with Crippen LogP contribution in [0.2, 0.25) is 0 Å². The topological polar surface area (TPSA) is 0 Å². The second-order valence-corrected chi connectivity index (χ2v) is 6.96. The van der Waals surface area contributed by atoms with Gasteiger partial charge in [-0.2, -0.15) is 0 Å². The van der Waals surface area contributed by atoms with Crippen molar-refractivity contribution in [2.24, 2.45) is 5.41 Å². The monoisotopic (exact) mass is 294 g/mol. The molecule has 1 heteroatoms. The van der Waals surface area contributed by atoms with Gasteiger partial charge in [0.1, 0.15) is 0 Å². The number of hydrogen-bond acceptors (Lipinski definition) is 0. The molecule has 0 saturated heterocycles. The lowest BCUT2D eigenvalue weighted by Gasteiger charge is -2.30. The Morgan fingerprint density at radius 3 is 1.94 bits per heavy atom. The third kappa shape index (κ3) is 2.76. The van der Waals surface area contributed by atoms with Gasteiger partial charge in [0.2, 0.25) is 0 Å². The molecule has 0 radical (unpaired) electrons. The van der Waals surface area contributed by atoms with Crippen LogP contribution in [0.1, 0.15) is 68.3 Å². The standard InChI is InChI=1S/C16H23Br/c1-12(2)13-6-8-14(9-7-13)15(17)16(3)10-4-5-11-16/h6-9,12,15H,4-5,10-11H2,1-3H3. The molecule has 0 spiro atoms. The van der Waals surface area contributed by atoms with E-state index in [1.165, 1.54) is 36.8 Å². The van der Waals surface area contributed by atoms with Crippen LogP contribution in [0.25, 0.3) is 0 Å². The fourth-order valence-corrected chi connectivity index (χ4v) is 3.65. The van der Waals surface area contributed by atoms with Crippen molar-refractivity contribution >= 4 is 15.9 Å². The highest BCUT2D eigenvalue weighted by molar-refractivity contribution is 9.09. The molecule has 1 aliphatic rings. The van der Waals surface area contributed by atoms with Crippen molar-refractivity contribution in [1.29, 1.82) is 0 Å². The van der Waals surface area contributed by atoms with E-state index in [1.807, 2.05) is 0 Å². The minimum Gasteiger partial charge on any atom is -0.0833 e. The lowest BCUT2D eigenvalue weighted by Crippen LogP contribution is -2.17. The lowest BCUT2D eigenvalue weighted by atomic mass is 9.81. The highest BCUT2D eigenvalue weighted by atomic mass is 79.9. The van der Waals surface area contributed by atoms with Crippen LogP contribution in [0.15, 0.2) is 24.3 Å². The summed E-state index contributed by atoms with van der Waals surface area (Å²) >= 11 is 3.93. The fraction of sp³-hybridized carbons (Fsp3) is 0.625. The van der Waals surface area contributed by atoms with Crippen molar-refractivity contribution in [2.75, 3.05) is 0 Å². The van der Waals surface area contributed by atoms with Gasteiger partial charge in [-0.25, -0.2) is 0 Å². The molecule has 0 nitrogen and oxygen atoms in total. The molecule has 1 aliphatic carbocycles. The summed E-state index contributed by atoms with van der Waals surface area (Å²) in [6.45, 7) is 6.92. The number of rotatable bonds is 3. The number of hydrogen-bond donors (Lipinski definition) is 0. The maximum Gasteiger partial charge on any atom is 0.0448 e. The Hall–Kier alpha value is -0.300. The summed E-state index contributed by atoms with van der Waals surface area (Å²) in [5, 5.41) is 0. The number of benzene rings is 1. The molecule has 0 N–H and O–H groups in total. The average Bonchev–Trinajstić information content (AvgIpc) is 2.76. The summed E-state index contributed by atoms with van der Waals surface area (Å²) in [6.07, 6.45) is 5.50. The zero-order valence-electron chi connectivity index (χ0n) is 11.2. The van der Waals surface area contributed by atoms with Crippen LogP contribution < -0.4 is 0 Å². The second-order valence-electron chi connectivity index (χ2n) is 6.05. The van der Waals surface area contributed by atoms with Crippen LogP contribution in [0.5, 0.6) is 0 Å². The van der Waals surface area contributed by atoms with E-state index < -0.39 is 0 Å². The first-order chi connectivity index (χ1) is 8.03. The third-order valence-corrected chi connectivity index (χ3v) is 5.89. The predicted molar refractivity (Wildman–Crippen MR) is 78.8 cm³/mol. The molecule has 0 amide bonds. The molecular formula is C16H23Br. The molecule has 0 heterocycles. The second kappa shape index (κ2) is 5.14. The quantitative estimate of drug-likeness (QED) is 0.616. The number of halogens is 1. The van der Waals surface area contributed by atoms with Crippen LogP contribution in [0.3, 0.4) is 0 Å². The van der Waals surface area contributed by atoms with Gasteiger partial charge in [0.25, 0.3) is 0 Å². The molecule has 2 rings (SSSR count). The Labute approximate surface area is 114 Å². The van der Waals surface area contributed by atoms with Gasteiger partial charge in [-0.1, -0.05) is 73.8 Å². The van der Waals surface area contributed by atoms with Crippen LogP contribution >= 0.6 is 15.9 Å². The maximum atomic E-state index is 3.93. The van der Waals surface area contributed by atoms with E-state index in [0.29, 0.717) is 16.2 Å². The molecule has 1 atom stereocenters. The molecule has 1 aromatic rings. The molecule has 0 aliphatic heterocycles. The first-order valence-corrected chi connectivity index (χ1v) is 7.68. The van der Waals surface area contributed by atoms with Crippen LogP contribution in [-0.4, -0.2) is 0 Å². The van der Waals surface area contributed by atoms with E-state index in [0.717, 1.165) is 0 Å². The zero-order chi connectivity index (χ0) is 12.5. The van der Waals surface area contributed by atoms with E-state index >= 15 is 0 Å². The molecule has 0 aromatic heterocycles. The van der Waals surface area contributed by atoms with Crippen LogP contribution in [-0.2, 0) is 0 Å². The predicted octanol–water partition coefficient (Wildman–Crippen LogP) is 5.83. The van der Waals surface area contributed by atoms with Gasteiger partial charge in [-0.05, 0) is 35.3 Å². The van der Waals surface area contributed by atoms with E-state index in [2.05, 4.69) is 61.0 Å². The Morgan fingerprint density at radius 2 is 1.47 bits per heavy atom. The van der Waals surface area contributed by atoms with Crippen molar-refractivity contribution in [1.82, 2.24) is 0 Å². The van der Waals surface area contributed by atoms with E-state index in [4.69, 9.17) is 0 Å². The summed E-state index contributed by atoms with van der Waals surface area (Å²) in [5.74, 6) is 0.625. The lowest BCUT2D eigenvalue weighted by molar-refractivity contribution is 0.331. The molecule has 1 fully saturated rings. The largest absolute Gasteiger partial charge is 0.0833 e. The summed E-state index contributed by atoms with van der Waals surface area (Å²) in [5.41, 5.74) is 3.34. The normalized spacial score (nSPS) is 20.8. The van der Waals surface area contributed by atoms with Crippen molar-refractivity contribution in [3.8, 4) is 0 Å². The Bertz CT molecular complexity index is 358. The highest BCUT2D eigenvalue weighted by Crippen LogP contribution is 2.51. The molecule has 1 saturated carbocycles. The van der Waals surface area contributed by atoms with Crippen molar-refractivity contribution < 1.29 is 0 Å². The van der Waals surface area contributed by atoms with E-state index in [1.54, 1.807) is 0 Å².